The number of unbranched alkanes of at least 4 members (excludes halogenated alkanes) is 1. The lowest BCUT2D eigenvalue weighted by molar-refractivity contribution is 0.308. The lowest BCUT2D eigenvalue weighted by Gasteiger charge is -2.13. The van der Waals surface area contributed by atoms with Gasteiger partial charge in [-0.25, -0.2) is 4.79 Å². The molecule has 0 bridgehead atoms. The average Bonchev–Trinajstić information content (AvgIpc) is 3.21. The van der Waals surface area contributed by atoms with E-state index in [9.17, 15) is 9.59 Å². The summed E-state index contributed by atoms with van der Waals surface area (Å²) >= 11 is 0. The van der Waals surface area contributed by atoms with Crippen molar-refractivity contribution >= 4 is 16.9 Å². The van der Waals surface area contributed by atoms with Gasteiger partial charge in [-0.2, -0.15) is 4.98 Å². The van der Waals surface area contributed by atoms with E-state index in [0.717, 1.165) is 40.2 Å². The van der Waals surface area contributed by atoms with Crippen LogP contribution in [0.4, 0.5) is 0 Å². The molecule has 0 amide bonds. The van der Waals surface area contributed by atoms with Crippen molar-refractivity contribution < 1.29 is 4.74 Å². The number of hydrogen-bond donors (Lipinski definition) is 0. The molecule has 8 heteroatoms. The number of ether oxygens (including phenoxy) is 1. The van der Waals surface area contributed by atoms with Crippen LogP contribution >= 0.6 is 0 Å². The quantitative estimate of drug-likeness (QED) is 0.487. The fraction of sp³-hybridized carbons (Fsp3) is 0.381. The number of benzene rings is 1. The van der Waals surface area contributed by atoms with Gasteiger partial charge in [0.1, 0.15) is 5.75 Å². The molecular formula is C21H25N5O3. The zero-order valence-electron chi connectivity index (χ0n) is 17.4. The summed E-state index contributed by atoms with van der Waals surface area (Å²) < 4.78 is 12.4. The second-order valence-electron chi connectivity index (χ2n) is 7.30. The average molecular weight is 395 g/mol. The SMILES string of the molecule is CCCCOc1ccccc1-n1c(C)c(C)n2c3c(=O)n(C)c(=O)n(C)c3nc12. The van der Waals surface area contributed by atoms with Gasteiger partial charge < -0.3 is 4.74 Å². The minimum Gasteiger partial charge on any atom is -0.491 e. The highest BCUT2D eigenvalue weighted by atomic mass is 16.5. The number of para-hydroxylation sites is 2. The van der Waals surface area contributed by atoms with E-state index in [1.54, 1.807) is 7.05 Å². The van der Waals surface area contributed by atoms with E-state index in [-0.39, 0.29) is 5.56 Å². The normalized spacial score (nSPS) is 11.6. The maximum atomic E-state index is 12.9. The van der Waals surface area contributed by atoms with Crippen molar-refractivity contribution in [2.24, 2.45) is 14.1 Å². The van der Waals surface area contributed by atoms with Gasteiger partial charge in [-0.3, -0.25) is 22.9 Å². The predicted molar refractivity (Wildman–Crippen MR) is 112 cm³/mol. The summed E-state index contributed by atoms with van der Waals surface area (Å²) in [4.78, 5) is 29.9. The molecule has 4 rings (SSSR count). The van der Waals surface area contributed by atoms with E-state index in [1.807, 2.05) is 47.1 Å². The highest BCUT2D eigenvalue weighted by Gasteiger charge is 2.23. The fourth-order valence-electron chi connectivity index (χ4n) is 3.70. The van der Waals surface area contributed by atoms with Crippen molar-refractivity contribution in [1.29, 1.82) is 0 Å². The molecule has 0 unspecified atom stereocenters. The lowest BCUT2D eigenvalue weighted by Crippen LogP contribution is -2.37. The van der Waals surface area contributed by atoms with Crippen molar-refractivity contribution in [2.45, 2.75) is 33.6 Å². The van der Waals surface area contributed by atoms with Crippen LogP contribution in [0.1, 0.15) is 31.2 Å². The molecule has 0 atom stereocenters. The topological polar surface area (TPSA) is 75.5 Å². The second kappa shape index (κ2) is 6.95. The summed E-state index contributed by atoms with van der Waals surface area (Å²) in [6, 6.07) is 7.80. The largest absolute Gasteiger partial charge is 0.491 e. The van der Waals surface area contributed by atoms with E-state index >= 15 is 0 Å². The lowest BCUT2D eigenvalue weighted by atomic mass is 10.2. The number of aryl methyl sites for hydroxylation is 2. The molecule has 0 N–H and O–H groups in total. The van der Waals surface area contributed by atoms with Gasteiger partial charge in [0.05, 0.1) is 12.3 Å². The molecule has 0 aliphatic heterocycles. The molecule has 0 fully saturated rings. The number of hydrogen-bond acceptors (Lipinski definition) is 4. The minimum absolute atomic E-state index is 0.358. The summed E-state index contributed by atoms with van der Waals surface area (Å²) in [5.41, 5.74) is 2.72. The van der Waals surface area contributed by atoms with Crippen LogP contribution in [0.3, 0.4) is 0 Å². The number of rotatable bonds is 5. The van der Waals surface area contributed by atoms with Crippen LogP contribution in [0.5, 0.6) is 5.75 Å². The van der Waals surface area contributed by atoms with Gasteiger partial charge in [0.2, 0.25) is 5.78 Å². The molecule has 0 radical (unpaired) electrons. The van der Waals surface area contributed by atoms with E-state index < -0.39 is 5.69 Å². The first-order valence-corrected chi connectivity index (χ1v) is 9.76. The van der Waals surface area contributed by atoms with E-state index in [1.165, 1.54) is 11.6 Å². The molecule has 3 heterocycles. The Labute approximate surface area is 167 Å². The van der Waals surface area contributed by atoms with Crippen molar-refractivity contribution in [2.75, 3.05) is 6.61 Å². The molecule has 0 saturated heterocycles. The third-order valence-electron chi connectivity index (χ3n) is 5.50. The molecule has 29 heavy (non-hydrogen) atoms. The first-order valence-electron chi connectivity index (χ1n) is 9.76. The van der Waals surface area contributed by atoms with Gasteiger partial charge in [0, 0.05) is 25.5 Å². The maximum Gasteiger partial charge on any atom is 0.332 e. The first kappa shape index (κ1) is 19.0. The summed E-state index contributed by atoms with van der Waals surface area (Å²) in [6.07, 6.45) is 2.02. The van der Waals surface area contributed by atoms with Crippen molar-refractivity contribution in [3.8, 4) is 11.4 Å². The molecule has 3 aromatic heterocycles. The van der Waals surface area contributed by atoms with Gasteiger partial charge >= 0.3 is 5.69 Å². The summed E-state index contributed by atoms with van der Waals surface area (Å²) in [5, 5.41) is 0. The molecule has 1 aromatic carbocycles. The van der Waals surface area contributed by atoms with Gasteiger partial charge in [0.25, 0.3) is 5.56 Å². The zero-order chi connectivity index (χ0) is 20.9. The van der Waals surface area contributed by atoms with Crippen LogP contribution in [0, 0.1) is 13.8 Å². The van der Waals surface area contributed by atoms with Crippen LogP contribution in [-0.4, -0.2) is 29.7 Å². The Morgan fingerprint density at radius 3 is 2.48 bits per heavy atom. The van der Waals surface area contributed by atoms with Gasteiger partial charge in [-0.1, -0.05) is 25.5 Å². The van der Waals surface area contributed by atoms with Crippen LogP contribution in [0.2, 0.25) is 0 Å². The fourth-order valence-corrected chi connectivity index (χ4v) is 3.70. The van der Waals surface area contributed by atoms with E-state index in [4.69, 9.17) is 9.72 Å². The Hall–Kier alpha value is -3.29. The monoisotopic (exact) mass is 395 g/mol. The Bertz CT molecular complexity index is 1350. The van der Waals surface area contributed by atoms with E-state index in [2.05, 4.69) is 6.92 Å². The second-order valence-corrected chi connectivity index (χ2v) is 7.30. The smallest absolute Gasteiger partial charge is 0.332 e. The molecule has 4 aromatic rings. The molecule has 8 nitrogen and oxygen atoms in total. The Balaban J connectivity index is 2.07. The molecule has 0 saturated carbocycles. The van der Waals surface area contributed by atoms with Crippen molar-refractivity contribution in [3.63, 3.8) is 0 Å². The summed E-state index contributed by atoms with van der Waals surface area (Å²) in [6.45, 7) is 6.70. The first-order chi connectivity index (χ1) is 13.9. The van der Waals surface area contributed by atoms with Crippen LogP contribution in [0.25, 0.3) is 22.6 Å². The van der Waals surface area contributed by atoms with Crippen LogP contribution < -0.4 is 16.0 Å². The number of nitrogens with zero attached hydrogens (tertiary/aromatic N) is 5. The maximum absolute atomic E-state index is 12.9. The standard InChI is InChI=1S/C21H25N5O3/c1-6-7-12-29-16-11-9-8-10-15(16)25-13(2)14(3)26-17-18(22-20(25)26)23(4)21(28)24(5)19(17)27/h8-11H,6-7,12H2,1-5H3. The van der Waals surface area contributed by atoms with Crippen molar-refractivity contribution in [3.05, 3.63) is 56.5 Å². The third kappa shape index (κ3) is 2.70. The Kier molecular flexibility index (Phi) is 4.56. The molecule has 152 valence electrons. The molecular weight excluding hydrogens is 370 g/mol. The highest BCUT2D eigenvalue weighted by molar-refractivity contribution is 5.77. The van der Waals surface area contributed by atoms with Crippen molar-refractivity contribution in [1.82, 2.24) is 23.1 Å². The van der Waals surface area contributed by atoms with Gasteiger partial charge in [-0.05, 0) is 32.4 Å². The number of aromatic nitrogens is 5. The predicted octanol–water partition coefficient (Wildman–Crippen LogP) is 2.47. The Morgan fingerprint density at radius 1 is 1.03 bits per heavy atom. The minimum atomic E-state index is -0.396. The van der Waals surface area contributed by atoms with E-state index in [0.29, 0.717) is 23.5 Å². The van der Waals surface area contributed by atoms with Gasteiger partial charge in [0.15, 0.2) is 11.2 Å². The van der Waals surface area contributed by atoms with Crippen LogP contribution in [-0.2, 0) is 14.1 Å². The highest BCUT2D eigenvalue weighted by Crippen LogP contribution is 2.30. The molecule has 0 spiro atoms. The van der Waals surface area contributed by atoms with Gasteiger partial charge in [-0.15, -0.1) is 0 Å². The number of imidazole rings is 2. The zero-order valence-corrected chi connectivity index (χ0v) is 17.4. The molecule has 0 aliphatic carbocycles. The third-order valence-corrected chi connectivity index (χ3v) is 5.50. The number of fused-ring (bicyclic) bond motifs is 3. The summed E-state index contributed by atoms with van der Waals surface area (Å²) in [5.74, 6) is 1.34. The molecule has 0 aliphatic rings. The summed E-state index contributed by atoms with van der Waals surface area (Å²) in [7, 11) is 3.12. The Morgan fingerprint density at radius 2 is 1.76 bits per heavy atom. The van der Waals surface area contributed by atoms with Crippen LogP contribution in [0.15, 0.2) is 33.9 Å².